The summed E-state index contributed by atoms with van der Waals surface area (Å²) < 4.78 is 77.6. The van der Waals surface area contributed by atoms with Gasteiger partial charge in [-0.15, -0.1) is 4.40 Å². The number of hydrogen-bond donors (Lipinski definition) is 4. The Morgan fingerprint density at radius 3 is 1.71 bits per heavy atom. The Kier molecular flexibility index (Phi) is 31.1. The van der Waals surface area contributed by atoms with E-state index in [1.165, 1.54) is 94.1 Å². The van der Waals surface area contributed by atoms with Gasteiger partial charge in [0.1, 0.15) is 21.3 Å². The van der Waals surface area contributed by atoms with Crippen molar-refractivity contribution in [1.82, 2.24) is 4.31 Å². The van der Waals surface area contributed by atoms with Crippen molar-refractivity contribution in [2.45, 2.75) is 142 Å². The van der Waals surface area contributed by atoms with E-state index in [1.54, 1.807) is 79.8 Å². The van der Waals surface area contributed by atoms with E-state index in [0.29, 0.717) is 59.6 Å². The molecule has 0 saturated heterocycles. The summed E-state index contributed by atoms with van der Waals surface area (Å²) in [6.07, 6.45) is 14.8. The number of para-hydroxylation sites is 2. The van der Waals surface area contributed by atoms with Gasteiger partial charge in [0.2, 0.25) is 0 Å². The van der Waals surface area contributed by atoms with Gasteiger partial charge in [-0.25, -0.2) is 32.5 Å². The second kappa shape index (κ2) is 40.0. The minimum Gasteiger partial charge on any atom is -0.495 e. The van der Waals surface area contributed by atoms with E-state index in [0.717, 1.165) is 51.6 Å². The Balaban J connectivity index is 0.000000269. The number of anilines is 5. The highest BCUT2D eigenvalue weighted by Crippen LogP contribution is 2.37. The summed E-state index contributed by atoms with van der Waals surface area (Å²) in [4.78, 5) is 61.4. The van der Waals surface area contributed by atoms with Gasteiger partial charge >= 0.3 is 5.97 Å². The van der Waals surface area contributed by atoms with Crippen LogP contribution in [0.3, 0.4) is 0 Å². The molecular formula is C80H98Cl2N10O12S2. The number of hydrogen-bond acceptors (Lipinski definition) is 18. The zero-order valence-electron chi connectivity index (χ0n) is 62.0. The number of nitrogens with zero attached hydrogens (tertiary/aromatic N) is 8. The number of nitrogens with one attached hydrogen (secondary N) is 2. The van der Waals surface area contributed by atoms with Gasteiger partial charge in [0.25, 0.3) is 31.9 Å². The monoisotopic (exact) mass is 1520 g/mol. The number of aliphatic hydroxyl groups is 2. The number of aryl methyl sites for hydroxylation is 4. The number of carbonyl (C=O) groups excluding carboxylic acids is 3. The predicted octanol–water partition coefficient (Wildman–Crippen LogP) is 16.3. The average Bonchev–Trinajstić information content (AvgIpc) is 0.755. The number of halogens is 2. The summed E-state index contributed by atoms with van der Waals surface area (Å²) in [6, 6.07) is 38.8. The Morgan fingerprint density at radius 1 is 0.575 bits per heavy atom. The van der Waals surface area contributed by atoms with Crippen LogP contribution in [0, 0.1) is 27.7 Å². The van der Waals surface area contributed by atoms with Crippen LogP contribution in [0.25, 0.3) is 0 Å². The third-order valence-corrected chi connectivity index (χ3v) is 21.7. The van der Waals surface area contributed by atoms with Crippen LogP contribution in [0.2, 0.25) is 10.0 Å². The number of methoxy groups -OCH3 is 1. The van der Waals surface area contributed by atoms with Gasteiger partial charge in [0.15, 0.2) is 23.1 Å². The lowest BCUT2D eigenvalue weighted by atomic mass is 10.1. The zero-order valence-corrected chi connectivity index (χ0v) is 65.1. The highest BCUT2D eigenvalue weighted by Gasteiger charge is 2.39. The predicted molar refractivity (Wildman–Crippen MR) is 427 cm³/mol. The molecule has 2 heterocycles. The lowest BCUT2D eigenvalue weighted by molar-refractivity contribution is -0.111. The van der Waals surface area contributed by atoms with Crippen LogP contribution in [0.5, 0.6) is 11.5 Å². The second-order valence-corrected chi connectivity index (χ2v) is 30.1. The van der Waals surface area contributed by atoms with Crippen LogP contribution in [0.4, 0.5) is 45.5 Å². The SMILES string of the molecule is CCCCCCCCCCCCCCOC(=O)c1ccc(OC)c(NC(=O)C(=Nc2ccc(N(CC)CCO)cc2C)C2=NS(=O)(=O)c3ccccc3N2C)c1.CCN(CCO)c1ccc(N=C(C(=O)Nc2cc(Cl)ccc2Cl)C2=Nc3ccccc3S(=O)(=O)N2CCCOc2ccc(C)cc2C)c(C)c1. The zero-order chi connectivity index (χ0) is 76.5. The molecule has 0 radical (unpaired) electrons. The minimum absolute atomic E-state index is 0.00598. The molecule has 22 nitrogen and oxygen atoms in total. The number of ether oxygens (including phenoxy) is 3. The molecule has 2 amide bonds. The molecule has 2 aliphatic heterocycles. The van der Waals surface area contributed by atoms with E-state index in [9.17, 15) is 41.4 Å². The first-order valence-corrected chi connectivity index (χ1v) is 39.7. The minimum atomic E-state index is -4.19. The summed E-state index contributed by atoms with van der Waals surface area (Å²) in [7, 11) is -5.31. The number of esters is 1. The number of benzene rings is 7. The summed E-state index contributed by atoms with van der Waals surface area (Å²) in [5, 5.41) is 25.2. The number of likely N-dealkylation sites (N-methyl/N-ethyl adjacent to an activating group) is 2. The molecule has 4 N–H and O–H groups in total. The van der Waals surface area contributed by atoms with Gasteiger partial charge in [-0.2, -0.15) is 8.42 Å². The number of aliphatic hydroxyl groups excluding tert-OH is 2. The maximum Gasteiger partial charge on any atom is 0.338 e. The second-order valence-electron chi connectivity index (χ2n) is 25.8. The molecule has 0 fully saturated rings. The first-order valence-electron chi connectivity index (χ1n) is 36.1. The standard InChI is InChI=1S/C43H59N5O7S.C37H39Cl2N5O5S/c1-6-8-9-10-11-12-13-14-15-16-17-20-29-55-43(51)33-23-26-38(54-5)36(31-33)45-42(50)40(41-46-56(52,53)39-22-19-18-21-37(39)47(41)4)44-35-25-24-34(30-32(35)3)48(7-2)27-28-49;1-5-43(18-19-45)28-13-15-30(25(3)22-28)40-35(37(46)42-32-23-27(38)12-14-29(32)39)36-41-31-9-6-7-10-34(31)50(47,48)44(36)17-8-20-49-33-16-11-24(2)21-26(33)4/h18-19,21-26,30-31,49H,6-17,20,27-29H2,1-5H3,(H,45,50);6-7,9-16,21-23,45H,5,8,17-20H2,1-4H3,(H,42,46). The maximum absolute atomic E-state index is 14.3. The molecule has 0 aliphatic carbocycles. The normalized spacial score (nSPS) is 13.6. The van der Waals surface area contributed by atoms with Gasteiger partial charge in [-0.05, 0) is 168 Å². The third kappa shape index (κ3) is 22.0. The number of amidine groups is 2. The Morgan fingerprint density at radius 2 is 1.13 bits per heavy atom. The highest BCUT2D eigenvalue weighted by molar-refractivity contribution is 7.90. The van der Waals surface area contributed by atoms with E-state index >= 15 is 0 Å². The Hall–Kier alpha value is -9.17. The van der Waals surface area contributed by atoms with Crippen molar-refractivity contribution in [3.63, 3.8) is 0 Å². The molecule has 0 atom stereocenters. The van der Waals surface area contributed by atoms with Crippen molar-refractivity contribution >= 4 is 130 Å². The summed E-state index contributed by atoms with van der Waals surface area (Å²) in [5.74, 6) is -1.39. The fourth-order valence-corrected chi connectivity index (χ4v) is 15.4. The van der Waals surface area contributed by atoms with Gasteiger partial charge in [-0.3, -0.25) is 9.59 Å². The van der Waals surface area contributed by atoms with Crippen molar-refractivity contribution in [2.24, 2.45) is 19.4 Å². The van der Waals surface area contributed by atoms with Crippen LogP contribution in [-0.2, 0) is 34.4 Å². The van der Waals surface area contributed by atoms with E-state index in [4.69, 9.17) is 52.4 Å². The number of rotatable bonds is 36. The molecule has 106 heavy (non-hydrogen) atoms. The van der Waals surface area contributed by atoms with Gasteiger partial charge in [0, 0.05) is 62.6 Å². The number of amides is 2. The third-order valence-electron chi connectivity index (χ3n) is 18.0. The molecule has 0 aromatic heterocycles. The average molecular weight is 1530 g/mol. The topological polar surface area (TPSA) is 274 Å². The molecule has 0 unspecified atom stereocenters. The van der Waals surface area contributed by atoms with E-state index in [2.05, 4.69) is 22.0 Å². The van der Waals surface area contributed by atoms with Crippen LogP contribution in [-0.4, -0.2) is 146 Å². The first kappa shape index (κ1) is 82.5. The fourth-order valence-electron chi connectivity index (χ4n) is 12.2. The number of fused-ring (bicyclic) bond motifs is 2. The number of carbonyl (C=O) groups is 3. The molecule has 7 aromatic rings. The van der Waals surface area contributed by atoms with Gasteiger partial charge < -0.3 is 49.8 Å². The highest BCUT2D eigenvalue weighted by atomic mass is 35.5. The van der Waals surface area contributed by atoms with E-state index in [1.807, 2.05) is 93.8 Å². The maximum atomic E-state index is 14.3. The molecule has 0 spiro atoms. The summed E-state index contributed by atoms with van der Waals surface area (Å²) in [5.41, 5.74) is 6.68. The van der Waals surface area contributed by atoms with Crippen molar-refractivity contribution in [3.05, 3.63) is 177 Å². The van der Waals surface area contributed by atoms with E-state index < -0.39 is 37.8 Å². The lowest BCUT2D eigenvalue weighted by Crippen LogP contribution is -2.47. The first-order chi connectivity index (χ1) is 51.0. The number of sulfonamides is 2. The molecule has 0 bridgehead atoms. The largest absolute Gasteiger partial charge is 0.495 e. The van der Waals surface area contributed by atoms with Crippen LogP contribution >= 0.6 is 23.2 Å². The smallest absolute Gasteiger partial charge is 0.338 e. The van der Waals surface area contributed by atoms with Crippen molar-refractivity contribution in [1.29, 1.82) is 0 Å². The van der Waals surface area contributed by atoms with Gasteiger partial charge in [0.05, 0.1) is 78.2 Å². The molecule has 566 valence electrons. The number of unbranched alkanes of at least 4 members (excludes halogenated alkanes) is 11. The summed E-state index contributed by atoms with van der Waals surface area (Å²) in [6.45, 7) is 16.5. The molecule has 9 rings (SSSR count). The van der Waals surface area contributed by atoms with Crippen molar-refractivity contribution in [3.8, 4) is 11.5 Å². The molecule has 7 aromatic carbocycles. The molecule has 0 saturated carbocycles. The van der Waals surface area contributed by atoms with Gasteiger partial charge in [-0.1, -0.05) is 143 Å². The lowest BCUT2D eigenvalue weighted by Gasteiger charge is -2.30. The number of aliphatic imine (C=N–C) groups is 3. The molecule has 26 heteroatoms. The molecular weight excluding hydrogens is 1430 g/mol. The van der Waals surface area contributed by atoms with Crippen molar-refractivity contribution in [2.75, 3.05) is 98.6 Å². The fraction of sp³-hybridized carbons (Fsp3) is 0.388. The summed E-state index contributed by atoms with van der Waals surface area (Å²) >= 11 is 12.6. The van der Waals surface area contributed by atoms with Crippen LogP contribution in [0.1, 0.15) is 137 Å². The quantitative estimate of drug-likeness (QED) is 0.0161. The van der Waals surface area contributed by atoms with Crippen LogP contribution in [0.15, 0.2) is 169 Å². The Bertz CT molecular complexity index is 4590. The van der Waals surface area contributed by atoms with Crippen LogP contribution < -0.4 is 34.8 Å². The van der Waals surface area contributed by atoms with Crippen molar-refractivity contribution < 1.29 is 55.6 Å². The Labute approximate surface area is 634 Å². The van der Waals surface area contributed by atoms with E-state index in [-0.39, 0.29) is 106 Å². The molecule has 2 aliphatic rings.